The Morgan fingerprint density at radius 3 is 3.09 bits per heavy atom. The lowest BCUT2D eigenvalue weighted by atomic mass is 9.97. The van der Waals surface area contributed by atoms with Crippen LogP contribution in [-0.2, 0) is 6.54 Å². The molecule has 0 amide bonds. The molecule has 0 N–H and O–H groups in total. The molecule has 5 heteroatoms. The Morgan fingerprint density at radius 2 is 2.32 bits per heavy atom. The van der Waals surface area contributed by atoms with Gasteiger partial charge in [0, 0.05) is 36.8 Å². The predicted octanol–water partition coefficient (Wildman–Crippen LogP) is 3.53. The van der Waals surface area contributed by atoms with E-state index >= 15 is 0 Å². The van der Waals surface area contributed by atoms with Crippen LogP contribution in [0.1, 0.15) is 44.1 Å². The molecule has 1 fully saturated rings. The van der Waals surface area contributed by atoms with Gasteiger partial charge in [0.05, 0.1) is 17.7 Å². The second kappa shape index (κ2) is 7.20. The van der Waals surface area contributed by atoms with Gasteiger partial charge in [0.15, 0.2) is 0 Å². The minimum Gasteiger partial charge on any atom is -0.329 e. The first kappa shape index (κ1) is 15.4. The number of allylic oxidation sites excluding steroid dienone is 1. The van der Waals surface area contributed by atoms with Crippen molar-refractivity contribution in [1.82, 2.24) is 19.4 Å². The van der Waals surface area contributed by atoms with E-state index in [1.807, 2.05) is 11.7 Å². The van der Waals surface area contributed by atoms with Crippen molar-refractivity contribution in [3.8, 4) is 0 Å². The average molecular weight is 316 g/mol. The molecule has 1 aliphatic rings. The largest absolute Gasteiger partial charge is 0.329 e. The maximum atomic E-state index is 4.65. The fourth-order valence-corrected chi connectivity index (χ4v) is 3.60. The first-order valence-corrected chi connectivity index (χ1v) is 8.90. The summed E-state index contributed by atoms with van der Waals surface area (Å²) in [4.78, 5) is 11.6. The first-order valence-electron chi connectivity index (χ1n) is 7.96. The molecule has 0 aliphatic carbocycles. The summed E-state index contributed by atoms with van der Waals surface area (Å²) >= 11 is 1.65. The van der Waals surface area contributed by atoms with Crippen molar-refractivity contribution in [2.24, 2.45) is 0 Å². The van der Waals surface area contributed by atoms with Crippen molar-refractivity contribution in [2.75, 3.05) is 19.6 Å². The number of likely N-dealkylation sites (tertiary alicyclic amines) is 1. The molecule has 0 aromatic carbocycles. The highest BCUT2D eigenvalue weighted by molar-refractivity contribution is 7.07. The van der Waals surface area contributed by atoms with E-state index in [0.717, 1.165) is 25.3 Å². The van der Waals surface area contributed by atoms with Crippen molar-refractivity contribution in [1.29, 1.82) is 0 Å². The minimum atomic E-state index is 0.535. The van der Waals surface area contributed by atoms with E-state index in [1.54, 1.807) is 11.3 Å². The van der Waals surface area contributed by atoms with Crippen molar-refractivity contribution in [2.45, 2.75) is 39.2 Å². The molecule has 3 rings (SSSR count). The van der Waals surface area contributed by atoms with Crippen LogP contribution >= 0.6 is 11.3 Å². The molecule has 4 nitrogen and oxygen atoms in total. The molecule has 22 heavy (non-hydrogen) atoms. The summed E-state index contributed by atoms with van der Waals surface area (Å²) in [6.07, 6.45) is 8.83. The van der Waals surface area contributed by atoms with Gasteiger partial charge in [-0.2, -0.15) is 0 Å². The van der Waals surface area contributed by atoms with Gasteiger partial charge in [0.1, 0.15) is 5.82 Å². The molecule has 0 bridgehead atoms. The van der Waals surface area contributed by atoms with Crippen LogP contribution in [0.25, 0.3) is 0 Å². The predicted molar refractivity (Wildman–Crippen MR) is 91.3 cm³/mol. The zero-order valence-electron chi connectivity index (χ0n) is 13.4. The van der Waals surface area contributed by atoms with Crippen LogP contribution in [0.4, 0.5) is 0 Å². The van der Waals surface area contributed by atoms with E-state index in [2.05, 4.69) is 50.9 Å². The van der Waals surface area contributed by atoms with Crippen LogP contribution in [0.15, 0.2) is 34.9 Å². The van der Waals surface area contributed by atoms with Crippen molar-refractivity contribution < 1.29 is 0 Å². The van der Waals surface area contributed by atoms with Gasteiger partial charge in [-0.3, -0.25) is 4.90 Å². The molecule has 0 spiro atoms. The molecule has 0 unspecified atom stereocenters. The van der Waals surface area contributed by atoms with Gasteiger partial charge in [-0.1, -0.05) is 11.6 Å². The van der Waals surface area contributed by atoms with Gasteiger partial charge < -0.3 is 4.57 Å². The van der Waals surface area contributed by atoms with Gasteiger partial charge in [-0.15, -0.1) is 11.3 Å². The van der Waals surface area contributed by atoms with E-state index in [4.69, 9.17) is 0 Å². The number of aromatic nitrogens is 3. The van der Waals surface area contributed by atoms with E-state index in [1.165, 1.54) is 30.8 Å². The summed E-state index contributed by atoms with van der Waals surface area (Å²) in [6.45, 7) is 8.55. The molecular weight excluding hydrogens is 292 g/mol. The zero-order chi connectivity index (χ0) is 15.4. The standard InChI is InChI=1S/C17H24N4S/c1-14(2)5-8-20-7-3-4-15(10-20)17-18-6-9-21(17)11-16-12-22-13-19-16/h5-6,9,12-13,15H,3-4,7-8,10-11H2,1-2H3/t15-/m0/s1. The average Bonchev–Trinajstić information content (AvgIpc) is 3.18. The monoisotopic (exact) mass is 316 g/mol. The van der Waals surface area contributed by atoms with Crippen molar-refractivity contribution in [3.05, 3.63) is 46.5 Å². The van der Waals surface area contributed by atoms with Gasteiger partial charge in [-0.25, -0.2) is 9.97 Å². The zero-order valence-corrected chi connectivity index (χ0v) is 14.2. The van der Waals surface area contributed by atoms with Gasteiger partial charge in [0.25, 0.3) is 0 Å². The fraction of sp³-hybridized carbons (Fsp3) is 0.529. The molecule has 3 heterocycles. The van der Waals surface area contributed by atoms with E-state index in [-0.39, 0.29) is 0 Å². The van der Waals surface area contributed by atoms with E-state index < -0.39 is 0 Å². The number of thiazole rings is 1. The summed E-state index contributed by atoms with van der Waals surface area (Å²) in [5, 5.41) is 2.12. The van der Waals surface area contributed by atoms with Gasteiger partial charge in [0.2, 0.25) is 0 Å². The number of piperidine rings is 1. The molecule has 1 atom stereocenters. The number of hydrogen-bond acceptors (Lipinski definition) is 4. The summed E-state index contributed by atoms with van der Waals surface area (Å²) in [5.41, 5.74) is 4.42. The number of nitrogens with zero attached hydrogens (tertiary/aromatic N) is 4. The molecule has 1 saturated heterocycles. The second-order valence-corrected chi connectivity index (χ2v) is 6.99. The highest BCUT2D eigenvalue weighted by Crippen LogP contribution is 2.26. The van der Waals surface area contributed by atoms with Gasteiger partial charge in [-0.05, 0) is 33.2 Å². The van der Waals surface area contributed by atoms with Crippen molar-refractivity contribution >= 4 is 11.3 Å². The quantitative estimate of drug-likeness (QED) is 0.791. The van der Waals surface area contributed by atoms with Crippen LogP contribution in [0.5, 0.6) is 0 Å². The maximum Gasteiger partial charge on any atom is 0.113 e. The first-order chi connectivity index (χ1) is 10.7. The molecule has 0 saturated carbocycles. The van der Waals surface area contributed by atoms with E-state index in [9.17, 15) is 0 Å². The lowest BCUT2D eigenvalue weighted by Gasteiger charge is -2.32. The molecule has 1 aliphatic heterocycles. The maximum absolute atomic E-state index is 4.65. The SMILES string of the molecule is CC(C)=CCN1CCC[C@H](c2nccn2Cc2cscn2)C1. The lowest BCUT2D eigenvalue weighted by Crippen LogP contribution is -2.35. The topological polar surface area (TPSA) is 34.0 Å². The molecule has 118 valence electrons. The summed E-state index contributed by atoms with van der Waals surface area (Å²) in [6, 6.07) is 0. The van der Waals surface area contributed by atoms with Crippen LogP contribution < -0.4 is 0 Å². The Labute approximate surface area is 136 Å². The van der Waals surface area contributed by atoms with Crippen LogP contribution in [0, 0.1) is 0 Å². The smallest absolute Gasteiger partial charge is 0.113 e. The Balaban J connectivity index is 1.68. The van der Waals surface area contributed by atoms with Crippen LogP contribution in [0.2, 0.25) is 0 Å². The Kier molecular flexibility index (Phi) is 5.05. The fourth-order valence-electron chi connectivity index (χ4n) is 3.05. The van der Waals surface area contributed by atoms with E-state index in [0.29, 0.717) is 5.92 Å². The van der Waals surface area contributed by atoms with Crippen LogP contribution in [0.3, 0.4) is 0 Å². The number of rotatable bonds is 5. The number of imidazole rings is 1. The summed E-state index contributed by atoms with van der Waals surface area (Å²) < 4.78 is 2.27. The second-order valence-electron chi connectivity index (χ2n) is 6.27. The summed E-state index contributed by atoms with van der Waals surface area (Å²) in [7, 11) is 0. The molecule has 2 aromatic heterocycles. The molecule has 0 radical (unpaired) electrons. The third-order valence-electron chi connectivity index (χ3n) is 4.19. The van der Waals surface area contributed by atoms with Gasteiger partial charge >= 0.3 is 0 Å². The Bertz CT molecular complexity index is 610. The Morgan fingerprint density at radius 1 is 1.41 bits per heavy atom. The lowest BCUT2D eigenvalue weighted by molar-refractivity contribution is 0.221. The highest BCUT2D eigenvalue weighted by atomic mass is 32.1. The van der Waals surface area contributed by atoms with Crippen molar-refractivity contribution in [3.63, 3.8) is 0 Å². The normalized spacial score (nSPS) is 19.3. The molecule has 2 aromatic rings. The molecular formula is C17H24N4S. The number of hydrogen-bond donors (Lipinski definition) is 0. The minimum absolute atomic E-state index is 0.535. The highest BCUT2D eigenvalue weighted by Gasteiger charge is 2.24. The third kappa shape index (κ3) is 3.84. The van der Waals surface area contributed by atoms with Crippen LogP contribution in [-0.4, -0.2) is 39.1 Å². The summed E-state index contributed by atoms with van der Waals surface area (Å²) in [5.74, 6) is 1.75. The Hall–Kier alpha value is -1.46. The third-order valence-corrected chi connectivity index (χ3v) is 4.83.